The molecule has 1 saturated heterocycles. The van der Waals surface area contributed by atoms with E-state index in [9.17, 15) is 9.59 Å². The van der Waals surface area contributed by atoms with Crippen LogP contribution in [0.25, 0.3) is 0 Å². The van der Waals surface area contributed by atoms with Crippen molar-refractivity contribution >= 4 is 17.5 Å². The van der Waals surface area contributed by atoms with Crippen LogP contribution < -0.4 is 11.5 Å². The zero-order valence-corrected chi connectivity index (χ0v) is 12.0. The van der Waals surface area contributed by atoms with E-state index in [-0.39, 0.29) is 18.4 Å². The molecular formula is C15H21N3O3. The summed E-state index contributed by atoms with van der Waals surface area (Å²) < 4.78 is 5.34. The van der Waals surface area contributed by atoms with E-state index in [1.807, 2.05) is 12.1 Å². The number of nitrogens with two attached hydrogens (primary N) is 2. The van der Waals surface area contributed by atoms with Gasteiger partial charge in [0.25, 0.3) is 0 Å². The summed E-state index contributed by atoms with van der Waals surface area (Å²) in [6.45, 7) is 1.37. The molecule has 2 rings (SSSR count). The number of carbonyl (C=O) groups is 2. The van der Waals surface area contributed by atoms with Crippen LogP contribution in [-0.2, 0) is 20.9 Å². The van der Waals surface area contributed by atoms with Gasteiger partial charge in [0.05, 0.1) is 19.1 Å². The van der Waals surface area contributed by atoms with Gasteiger partial charge in [-0.25, -0.2) is 0 Å². The SMILES string of the molecule is NC(=O)CN(Cc1ccc(N)cc1)C(=O)C1CCCOC1. The molecule has 0 radical (unpaired) electrons. The zero-order chi connectivity index (χ0) is 15.2. The Hall–Kier alpha value is -2.08. The lowest BCUT2D eigenvalue weighted by Gasteiger charge is -2.28. The number of primary amides is 1. The molecule has 4 N–H and O–H groups in total. The smallest absolute Gasteiger partial charge is 0.237 e. The first-order valence-corrected chi connectivity index (χ1v) is 7.05. The number of nitrogens with zero attached hydrogens (tertiary/aromatic N) is 1. The van der Waals surface area contributed by atoms with Gasteiger partial charge in [0.1, 0.15) is 0 Å². The second-order valence-corrected chi connectivity index (χ2v) is 5.32. The fourth-order valence-electron chi connectivity index (χ4n) is 2.44. The number of rotatable bonds is 5. The minimum absolute atomic E-state index is 0.0784. The van der Waals surface area contributed by atoms with E-state index in [1.54, 1.807) is 12.1 Å². The predicted molar refractivity (Wildman–Crippen MR) is 79.0 cm³/mol. The van der Waals surface area contributed by atoms with Gasteiger partial charge in [-0.05, 0) is 30.5 Å². The Morgan fingerprint density at radius 1 is 1.29 bits per heavy atom. The topological polar surface area (TPSA) is 98.7 Å². The van der Waals surface area contributed by atoms with Crippen molar-refractivity contribution in [1.29, 1.82) is 0 Å². The van der Waals surface area contributed by atoms with Crippen LogP contribution in [0.5, 0.6) is 0 Å². The van der Waals surface area contributed by atoms with Gasteiger partial charge in [-0.2, -0.15) is 0 Å². The number of hydrogen-bond donors (Lipinski definition) is 2. The quantitative estimate of drug-likeness (QED) is 0.772. The Balaban J connectivity index is 2.07. The summed E-state index contributed by atoms with van der Waals surface area (Å²) in [5, 5.41) is 0. The number of hydrogen-bond acceptors (Lipinski definition) is 4. The molecule has 1 aliphatic rings. The van der Waals surface area contributed by atoms with Crippen LogP contribution in [0.2, 0.25) is 0 Å². The van der Waals surface area contributed by atoms with Crippen LogP contribution in [0.3, 0.4) is 0 Å². The zero-order valence-electron chi connectivity index (χ0n) is 12.0. The number of anilines is 1. The first-order chi connectivity index (χ1) is 10.1. The predicted octanol–water partition coefficient (Wildman–Crippen LogP) is 0.509. The lowest BCUT2D eigenvalue weighted by Crippen LogP contribution is -2.43. The minimum Gasteiger partial charge on any atom is -0.399 e. The summed E-state index contributed by atoms with van der Waals surface area (Å²) in [5.41, 5.74) is 12.5. The van der Waals surface area contributed by atoms with Gasteiger partial charge in [0.15, 0.2) is 0 Å². The Labute approximate surface area is 124 Å². The van der Waals surface area contributed by atoms with Crippen LogP contribution in [0.1, 0.15) is 18.4 Å². The summed E-state index contributed by atoms with van der Waals surface area (Å²) in [5.74, 6) is -0.785. The summed E-state index contributed by atoms with van der Waals surface area (Å²) in [4.78, 5) is 25.2. The van der Waals surface area contributed by atoms with E-state index >= 15 is 0 Å². The average Bonchev–Trinajstić information content (AvgIpc) is 2.48. The number of amides is 2. The van der Waals surface area contributed by atoms with Gasteiger partial charge in [0.2, 0.25) is 11.8 Å². The van der Waals surface area contributed by atoms with E-state index in [0.717, 1.165) is 18.4 Å². The largest absolute Gasteiger partial charge is 0.399 e. The molecular weight excluding hydrogens is 270 g/mol. The Kier molecular flexibility index (Phi) is 5.16. The number of carbonyl (C=O) groups excluding carboxylic acids is 2. The van der Waals surface area contributed by atoms with Gasteiger partial charge < -0.3 is 21.1 Å². The molecule has 21 heavy (non-hydrogen) atoms. The van der Waals surface area contributed by atoms with Gasteiger partial charge in [-0.15, -0.1) is 0 Å². The van der Waals surface area contributed by atoms with Crippen LogP contribution in [-0.4, -0.2) is 36.5 Å². The molecule has 1 unspecified atom stereocenters. The van der Waals surface area contributed by atoms with E-state index in [4.69, 9.17) is 16.2 Å². The highest BCUT2D eigenvalue weighted by atomic mass is 16.5. The molecule has 0 aromatic heterocycles. The Bertz CT molecular complexity index is 495. The summed E-state index contributed by atoms with van der Waals surface area (Å²) in [7, 11) is 0. The average molecular weight is 291 g/mol. The number of benzene rings is 1. The van der Waals surface area contributed by atoms with Crippen molar-refractivity contribution in [2.45, 2.75) is 19.4 Å². The molecule has 6 nitrogen and oxygen atoms in total. The molecule has 0 bridgehead atoms. The van der Waals surface area contributed by atoms with Gasteiger partial charge in [-0.1, -0.05) is 12.1 Å². The van der Waals surface area contributed by atoms with Crippen LogP contribution in [0, 0.1) is 5.92 Å². The lowest BCUT2D eigenvalue weighted by atomic mass is 10.0. The van der Waals surface area contributed by atoms with Gasteiger partial charge in [0, 0.05) is 18.8 Å². The Morgan fingerprint density at radius 3 is 2.57 bits per heavy atom. The molecule has 114 valence electrons. The summed E-state index contributed by atoms with van der Waals surface area (Å²) in [6, 6.07) is 7.22. The third-order valence-electron chi connectivity index (χ3n) is 3.52. The molecule has 1 aromatic rings. The molecule has 1 aromatic carbocycles. The summed E-state index contributed by atoms with van der Waals surface area (Å²) in [6.07, 6.45) is 1.65. The first kappa shape index (κ1) is 15.3. The van der Waals surface area contributed by atoms with Crippen molar-refractivity contribution in [3.63, 3.8) is 0 Å². The maximum atomic E-state index is 12.5. The molecule has 2 amide bonds. The maximum Gasteiger partial charge on any atom is 0.237 e. The highest BCUT2D eigenvalue weighted by molar-refractivity contribution is 5.85. The highest BCUT2D eigenvalue weighted by Crippen LogP contribution is 2.18. The van der Waals surface area contributed by atoms with E-state index in [1.165, 1.54) is 4.90 Å². The molecule has 1 aliphatic heterocycles. The molecule has 6 heteroatoms. The molecule has 0 spiro atoms. The first-order valence-electron chi connectivity index (χ1n) is 7.05. The monoisotopic (exact) mass is 291 g/mol. The van der Waals surface area contributed by atoms with Gasteiger partial charge >= 0.3 is 0 Å². The highest BCUT2D eigenvalue weighted by Gasteiger charge is 2.27. The van der Waals surface area contributed by atoms with E-state index in [2.05, 4.69) is 0 Å². The second-order valence-electron chi connectivity index (χ2n) is 5.32. The number of nitrogen functional groups attached to an aromatic ring is 1. The van der Waals surface area contributed by atoms with Crippen molar-refractivity contribution < 1.29 is 14.3 Å². The van der Waals surface area contributed by atoms with Crippen molar-refractivity contribution in [2.75, 3.05) is 25.5 Å². The van der Waals surface area contributed by atoms with Crippen molar-refractivity contribution in [3.8, 4) is 0 Å². The fourth-order valence-corrected chi connectivity index (χ4v) is 2.44. The maximum absolute atomic E-state index is 12.5. The Morgan fingerprint density at radius 2 is 2.00 bits per heavy atom. The van der Waals surface area contributed by atoms with Crippen molar-refractivity contribution in [2.24, 2.45) is 11.7 Å². The van der Waals surface area contributed by atoms with Crippen LogP contribution in [0.15, 0.2) is 24.3 Å². The third kappa shape index (κ3) is 4.46. The van der Waals surface area contributed by atoms with E-state index in [0.29, 0.717) is 25.4 Å². The molecule has 1 atom stereocenters. The number of ether oxygens (including phenoxy) is 1. The lowest BCUT2D eigenvalue weighted by molar-refractivity contribution is -0.143. The van der Waals surface area contributed by atoms with E-state index < -0.39 is 5.91 Å². The van der Waals surface area contributed by atoms with Crippen LogP contribution in [0.4, 0.5) is 5.69 Å². The molecule has 1 heterocycles. The second kappa shape index (κ2) is 7.08. The fraction of sp³-hybridized carbons (Fsp3) is 0.467. The standard InChI is InChI=1S/C15H21N3O3/c16-13-5-3-11(4-6-13)8-18(9-14(17)19)15(20)12-2-1-7-21-10-12/h3-6,12H,1-2,7-10,16H2,(H2,17,19). The van der Waals surface area contributed by atoms with Crippen LogP contribution >= 0.6 is 0 Å². The third-order valence-corrected chi connectivity index (χ3v) is 3.52. The summed E-state index contributed by atoms with van der Waals surface area (Å²) >= 11 is 0. The molecule has 0 aliphatic carbocycles. The minimum atomic E-state index is -0.518. The van der Waals surface area contributed by atoms with Crippen molar-refractivity contribution in [3.05, 3.63) is 29.8 Å². The van der Waals surface area contributed by atoms with Gasteiger partial charge in [-0.3, -0.25) is 9.59 Å². The molecule has 1 fully saturated rings. The molecule has 0 saturated carbocycles. The van der Waals surface area contributed by atoms with Crippen molar-refractivity contribution in [1.82, 2.24) is 4.90 Å². The normalized spacial score (nSPS) is 18.2.